The van der Waals surface area contributed by atoms with Gasteiger partial charge in [0.05, 0.1) is 23.0 Å². The van der Waals surface area contributed by atoms with Crippen molar-refractivity contribution in [3.8, 4) is 0 Å². The van der Waals surface area contributed by atoms with Crippen LogP contribution in [0, 0.1) is 0 Å². The highest BCUT2D eigenvalue weighted by Crippen LogP contribution is 2.23. The summed E-state index contributed by atoms with van der Waals surface area (Å²) in [4.78, 5) is 4.22. The van der Waals surface area contributed by atoms with E-state index in [1.165, 1.54) is 0 Å². The van der Waals surface area contributed by atoms with Crippen molar-refractivity contribution in [2.75, 3.05) is 0 Å². The number of halogens is 1. The summed E-state index contributed by atoms with van der Waals surface area (Å²) in [7, 11) is 0. The molecule has 0 aliphatic heterocycles. The SMILES string of the molecule is CCCn1cc(C(N)c2ncccc2Cl)cn1. The van der Waals surface area contributed by atoms with E-state index in [9.17, 15) is 0 Å². The summed E-state index contributed by atoms with van der Waals surface area (Å²) in [6, 6.07) is 3.26. The number of hydrogen-bond acceptors (Lipinski definition) is 3. The average molecular weight is 251 g/mol. The molecule has 0 aliphatic carbocycles. The second-order valence-electron chi connectivity index (χ2n) is 3.88. The first-order chi connectivity index (χ1) is 8.22. The normalized spacial score (nSPS) is 12.6. The van der Waals surface area contributed by atoms with Crippen LogP contribution in [0.2, 0.25) is 5.02 Å². The Morgan fingerprint density at radius 3 is 3.06 bits per heavy atom. The molecule has 2 rings (SSSR count). The Bertz CT molecular complexity index is 495. The molecule has 0 fully saturated rings. The molecule has 1 atom stereocenters. The van der Waals surface area contributed by atoms with Gasteiger partial charge in [0.15, 0.2) is 0 Å². The van der Waals surface area contributed by atoms with Crippen molar-refractivity contribution in [1.82, 2.24) is 14.8 Å². The fourth-order valence-corrected chi connectivity index (χ4v) is 1.92. The summed E-state index contributed by atoms with van der Waals surface area (Å²) in [5.74, 6) is 0. The third-order valence-electron chi connectivity index (χ3n) is 2.55. The van der Waals surface area contributed by atoms with Crippen molar-refractivity contribution < 1.29 is 0 Å². The first kappa shape index (κ1) is 12.1. The van der Waals surface area contributed by atoms with Gasteiger partial charge >= 0.3 is 0 Å². The minimum atomic E-state index is -0.325. The maximum Gasteiger partial charge on any atom is 0.0803 e. The topological polar surface area (TPSA) is 56.7 Å². The highest BCUT2D eigenvalue weighted by atomic mass is 35.5. The van der Waals surface area contributed by atoms with Crippen LogP contribution in [-0.2, 0) is 6.54 Å². The van der Waals surface area contributed by atoms with Crippen LogP contribution in [0.5, 0.6) is 0 Å². The monoisotopic (exact) mass is 250 g/mol. The van der Waals surface area contributed by atoms with Gasteiger partial charge in [0.2, 0.25) is 0 Å². The fourth-order valence-electron chi connectivity index (χ4n) is 1.68. The third-order valence-corrected chi connectivity index (χ3v) is 2.87. The smallest absolute Gasteiger partial charge is 0.0803 e. The Kier molecular flexibility index (Phi) is 3.76. The molecule has 0 aromatic carbocycles. The summed E-state index contributed by atoms with van der Waals surface area (Å²) in [6.07, 6.45) is 6.45. The molecule has 0 amide bonds. The maximum absolute atomic E-state index is 6.13. The zero-order chi connectivity index (χ0) is 12.3. The van der Waals surface area contributed by atoms with Gasteiger partial charge in [-0.2, -0.15) is 5.10 Å². The van der Waals surface area contributed by atoms with E-state index in [-0.39, 0.29) is 6.04 Å². The Labute approximate surface area is 105 Å². The van der Waals surface area contributed by atoms with Gasteiger partial charge in [-0.3, -0.25) is 9.67 Å². The van der Waals surface area contributed by atoms with Gasteiger partial charge in [0.25, 0.3) is 0 Å². The fraction of sp³-hybridized carbons (Fsp3) is 0.333. The van der Waals surface area contributed by atoms with Gasteiger partial charge in [-0.15, -0.1) is 0 Å². The van der Waals surface area contributed by atoms with E-state index in [1.54, 1.807) is 24.5 Å². The molecule has 0 bridgehead atoms. The maximum atomic E-state index is 6.13. The standard InChI is InChI=1S/C12H15ClN4/c1-2-6-17-8-9(7-16-17)11(14)12-10(13)4-3-5-15-12/h3-5,7-8,11H,2,6,14H2,1H3. The lowest BCUT2D eigenvalue weighted by atomic mass is 10.1. The van der Waals surface area contributed by atoms with E-state index >= 15 is 0 Å². The zero-order valence-electron chi connectivity index (χ0n) is 9.68. The van der Waals surface area contributed by atoms with Crippen molar-refractivity contribution in [3.63, 3.8) is 0 Å². The van der Waals surface area contributed by atoms with Crippen LogP contribution < -0.4 is 5.73 Å². The summed E-state index contributed by atoms with van der Waals surface area (Å²) in [5, 5.41) is 4.83. The van der Waals surface area contributed by atoms with Gasteiger partial charge in [0, 0.05) is 24.5 Å². The molecule has 2 aromatic heterocycles. The van der Waals surface area contributed by atoms with Crippen LogP contribution in [-0.4, -0.2) is 14.8 Å². The van der Waals surface area contributed by atoms with Crippen LogP contribution in [0.4, 0.5) is 0 Å². The second-order valence-corrected chi connectivity index (χ2v) is 4.29. The van der Waals surface area contributed by atoms with Crippen molar-refractivity contribution in [2.24, 2.45) is 5.73 Å². The molecule has 5 heteroatoms. The summed E-state index contributed by atoms with van der Waals surface area (Å²) in [5.41, 5.74) is 7.74. The van der Waals surface area contributed by atoms with Crippen LogP contribution in [0.15, 0.2) is 30.7 Å². The van der Waals surface area contributed by atoms with Crippen molar-refractivity contribution in [2.45, 2.75) is 25.9 Å². The largest absolute Gasteiger partial charge is 0.319 e. The molecule has 2 aromatic rings. The summed E-state index contributed by atoms with van der Waals surface area (Å²) in [6.45, 7) is 3.00. The molecule has 4 nitrogen and oxygen atoms in total. The lowest BCUT2D eigenvalue weighted by molar-refractivity contribution is 0.601. The van der Waals surface area contributed by atoms with E-state index in [4.69, 9.17) is 17.3 Å². The van der Waals surface area contributed by atoms with Crippen molar-refractivity contribution in [3.05, 3.63) is 47.0 Å². The van der Waals surface area contributed by atoms with E-state index in [0.717, 1.165) is 18.5 Å². The minimum Gasteiger partial charge on any atom is -0.319 e. The highest BCUT2D eigenvalue weighted by molar-refractivity contribution is 6.31. The molecule has 0 spiro atoms. The molecule has 1 unspecified atom stereocenters. The predicted molar refractivity (Wildman–Crippen MR) is 67.8 cm³/mol. The number of nitrogens with two attached hydrogens (primary N) is 1. The first-order valence-electron chi connectivity index (χ1n) is 5.60. The third kappa shape index (κ3) is 2.65. The average Bonchev–Trinajstić information content (AvgIpc) is 2.78. The molecule has 90 valence electrons. The molecule has 2 N–H and O–H groups in total. The van der Waals surface area contributed by atoms with E-state index in [0.29, 0.717) is 10.7 Å². The molecule has 2 heterocycles. The Hall–Kier alpha value is -1.39. The van der Waals surface area contributed by atoms with Gasteiger partial charge < -0.3 is 5.73 Å². The van der Waals surface area contributed by atoms with Crippen LogP contribution >= 0.6 is 11.6 Å². The molecular formula is C12H15ClN4. The van der Waals surface area contributed by atoms with Crippen LogP contribution in [0.25, 0.3) is 0 Å². The molecule has 0 aliphatic rings. The Morgan fingerprint density at radius 2 is 2.35 bits per heavy atom. The molecule has 0 saturated carbocycles. The number of nitrogens with zero attached hydrogens (tertiary/aromatic N) is 3. The van der Waals surface area contributed by atoms with Gasteiger partial charge in [-0.1, -0.05) is 18.5 Å². The second kappa shape index (κ2) is 5.29. The zero-order valence-corrected chi connectivity index (χ0v) is 10.4. The number of rotatable bonds is 4. The highest BCUT2D eigenvalue weighted by Gasteiger charge is 2.15. The summed E-state index contributed by atoms with van der Waals surface area (Å²) >= 11 is 6.07. The van der Waals surface area contributed by atoms with Crippen LogP contribution in [0.3, 0.4) is 0 Å². The van der Waals surface area contributed by atoms with E-state index in [1.807, 2.05) is 10.9 Å². The number of aryl methyl sites for hydroxylation is 1. The van der Waals surface area contributed by atoms with Gasteiger partial charge in [-0.25, -0.2) is 0 Å². The Balaban J connectivity index is 2.24. The quantitative estimate of drug-likeness (QED) is 0.907. The lowest BCUT2D eigenvalue weighted by Crippen LogP contribution is -2.13. The first-order valence-corrected chi connectivity index (χ1v) is 5.98. The number of pyridine rings is 1. The molecule has 17 heavy (non-hydrogen) atoms. The number of aromatic nitrogens is 3. The van der Waals surface area contributed by atoms with Gasteiger partial charge in [0.1, 0.15) is 0 Å². The van der Waals surface area contributed by atoms with Crippen molar-refractivity contribution >= 4 is 11.6 Å². The predicted octanol–water partition coefficient (Wildman–Crippen LogP) is 2.39. The lowest BCUT2D eigenvalue weighted by Gasteiger charge is -2.09. The van der Waals surface area contributed by atoms with E-state index < -0.39 is 0 Å². The Morgan fingerprint density at radius 1 is 1.53 bits per heavy atom. The molecular weight excluding hydrogens is 236 g/mol. The molecule has 0 saturated heterocycles. The minimum absolute atomic E-state index is 0.325. The van der Waals surface area contributed by atoms with Gasteiger partial charge in [-0.05, 0) is 18.6 Å². The summed E-state index contributed by atoms with van der Waals surface area (Å²) < 4.78 is 1.88. The van der Waals surface area contributed by atoms with E-state index in [2.05, 4.69) is 17.0 Å². The van der Waals surface area contributed by atoms with Crippen LogP contribution in [0.1, 0.15) is 30.6 Å². The van der Waals surface area contributed by atoms with Crippen molar-refractivity contribution in [1.29, 1.82) is 0 Å². The number of hydrogen-bond donors (Lipinski definition) is 1. The molecule has 0 radical (unpaired) electrons.